The van der Waals surface area contributed by atoms with E-state index in [9.17, 15) is 9.59 Å². The minimum Gasteiger partial charge on any atom is -0.481 e. The van der Waals surface area contributed by atoms with Crippen LogP contribution in [0.15, 0.2) is 0 Å². The standard InChI is InChI=1S/C9H12O5/c1-9-3-2-4(14-9)5(7(10)11)6(9)8(12)13/h4-6H,2-3H2,1H3,(H,10,11)(H,12,13)/t4-,5-,6+,9+/m0/s1. The third kappa shape index (κ3) is 1.05. The third-order valence-corrected chi connectivity index (χ3v) is 3.31. The molecular formula is C9H12O5. The molecule has 2 bridgehead atoms. The molecule has 78 valence electrons. The molecule has 2 heterocycles. The van der Waals surface area contributed by atoms with Crippen LogP contribution in [-0.2, 0) is 14.3 Å². The molecule has 0 aromatic rings. The quantitative estimate of drug-likeness (QED) is 0.671. The lowest BCUT2D eigenvalue weighted by molar-refractivity contribution is -0.155. The molecule has 2 fully saturated rings. The first-order valence-electron chi connectivity index (χ1n) is 4.59. The lowest BCUT2D eigenvalue weighted by Gasteiger charge is -2.28. The van der Waals surface area contributed by atoms with Gasteiger partial charge in [0.2, 0.25) is 0 Å². The molecule has 0 spiro atoms. The zero-order chi connectivity index (χ0) is 10.5. The molecule has 0 aliphatic carbocycles. The van der Waals surface area contributed by atoms with E-state index in [-0.39, 0.29) is 0 Å². The number of hydrogen-bond acceptors (Lipinski definition) is 3. The molecule has 5 heteroatoms. The summed E-state index contributed by atoms with van der Waals surface area (Å²) in [5.41, 5.74) is -0.778. The van der Waals surface area contributed by atoms with E-state index in [4.69, 9.17) is 14.9 Å². The highest BCUT2D eigenvalue weighted by atomic mass is 16.5. The maximum atomic E-state index is 11.0. The van der Waals surface area contributed by atoms with Crippen LogP contribution < -0.4 is 0 Å². The molecule has 0 amide bonds. The summed E-state index contributed by atoms with van der Waals surface area (Å²) >= 11 is 0. The molecule has 0 saturated carbocycles. The van der Waals surface area contributed by atoms with Crippen LogP contribution in [0.4, 0.5) is 0 Å². The molecule has 0 radical (unpaired) electrons. The van der Waals surface area contributed by atoms with Crippen molar-refractivity contribution in [3.63, 3.8) is 0 Å². The molecule has 2 rings (SSSR count). The van der Waals surface area contributed by atoms with Crippen molar-refractivity contribution in [3.05, 3.63) is 0 Å². The topological polar surface area (TPSA) is 83.8 Å². The van der Waals surface area contributed by atoms with Gasteiger partial charge >= 0.3 is 11.9 Å². The molecule has 2 aliphatic heterocycles. The summed E-state index contributed by atoms with van der Waals surface area (Å²) in [6, 6.07) is 0. The number of carboxylic acids is 2. The van der Waals surface area contributed by atoms with E-state index >= 15 is 0 Å². The lowest BCUT2D eigenvalue weighted by atomic mass is 9.72. The van der Waals surface area contributed by atoms with Gasteiger partial charge in [0.05, 0.1) is 17.6 Å². The van der Waals surface area contributed by atoms with Crippen LogP contribution in [0, 0.1) is 11.8 Å². The van der Waals surface area contributed by atoms with Crippen molar-refractivity contribution in [2.45, 2.75) is 31.5 Å². The van der Waals surface area contributed by atoms with E-state index in [0.717, 1.165) is 0 Å². The second-order valence-electron chi connectivity index (χ2n) is 4.19. The number of ether oxygens (including phenoxy) is 1. The summed E-state index contributed by atoms with van der Waals surface area (Å²) in [4.78, 5) is 21.9. The Kier molecular flexibility index (Phi) is 1.82. The first-order valence-corrected chi connectivity index (χ1v) is 4.59. The van der Waals surface area contributed by atoms with Crippen molar-refractivity contribution in [3.8, 4) is 0 Å². The Morgan fingerprint density at radius 3 is 2.43 bits per heavy atom. The van der Waals surface area contributed by atoms with Crippen LogP contribution in [0.5, 0.6) is 0 Å². The van der Waals surface area contributed by atoms with Gasteiger partial charge in [-0.05, 0) is 19.8 Å². The average Bonchev–Trinajstić information content (AvgIpc) is 2.55. The molecule has 2 saturated heterocycles. The lowest BCUT2D eigenvalue weighted by Crippen LogP contribution is -2.43. The second kappa shape index (κ2) is 2.70. The van der Waals surface area contributed by atoms with E-state index in [2.05, 4.69) is 0 Å². The number of rotatable bonds is 2. The van der Waals surface area contributed by atoms with Gasteiger partial charge in [0, 0.05) is 0 Å². The highest BCUT2D eigenvalue weighted by molar-refractivity contribution is 5.82. The summed E-state index contributed by atoms with van der Waals surface area (Å²) in [7, 11) is 0. The summed E-state index contributed by atoms with van der Waals surface area (Å²) < 4.78 is 5.45. The van der Waals surface area contributed by atoms with Gasteiger partial charge in [-0.15, -0.1) is 0 Å². The van der Waals surface area contributed by atoms with Crippen LogP contribution in [0.2, 0.25) is 0 Å². The number of fused-ring (bicyclic) bond motifs is 2. The first kappa shape index (κ1) is 9.45. The van der Waals surface area contributed by atoms with Crippen LogP contribution in [0.25, 0.3) is 0 Å². The Morgan fingerprint density at radius 2 is 2.00 bits per heavy atom. The molecule has 0 aromatic carbocycles. The van der Waals surface area contributed by atoms with E-state index in [0.29, 0.717) is 12.8 Å². The van der Waals surface area contributed by atoms with Crippen molar-refractivity contribution in [1.82, 2.24) is 0 Å². The normalized spacial score (nSPS) is 45.4. The minimum absolute atomic E-state index is 0.418. The fraction of sp³-hybridized carbons (Fsp3) is 0.778. The molecule has 2 aliphatic rings. The number of carbonyl (C=O) groups is 2. The van der Waals surface area contributed by atoms with Gasteiger partial charge in [-0.1, -0.05) is 0 Å². The SMILES string of the molecule is C[C@]12CC[C@H](O1)[C@H](C(=O)O)[C@@H]2C(=O)O. The van der Waals surface area contributed by atoms with Crippen LogP contribution >= 0.6 is 0 Å². The predicted octanol–water partition coefficient (Wildman–Crippen LogP) is 0.339. The van der Waals surface area contributed by atoms with Crippen molar-refractivity contribution >= 4 is 11.9 Å². The van der Waals surface area contributed by atoms with Crippen LogP contribution in [0.3, 0.4) is 0 Å². The molecule has 2 N–H and O–H groups in total. The zero-order valence-electron chi connectivity index (χ0n) is 7.77. The second-order valence-corrected chi connectivity index (χ2v) is 4.19. The van der Waals surface area contributed by atoms with Crippen LogP contribution in [-0.4, -0.2) is 33.9 Å². The highest BCUT2D eigenvalue weighted by Gasteiger charge is 2.62. The summed E-state index contributed by atoms with van der Waals surface area (Å²) in [6.45, 7) is 1.69. The van der Waals surface area contributed by atoms with E-state index in [1.54, 1.807) is 6.92 Å². The van der Waals surface area contributed by atoms with Crippen molar-refractivity contribution in [2.24, 2.45) is 11.8 Å². The minimum atomic E-state index is -1.07. The fourth-order valence-corrected chi connectivity index (χ4v) is 2.69. The smallest absolute Gasteiger partial charge is 0.310 e. The molecule has 5 nitrogen and oxygen atoms in total. The molecule has 0 aromatic heterocycles. The van der Waals surface area contributed by atoms with Gasteiger partial charge < -0.3 is 14.9 Å². The number of carboxylic acid groups (broad SMARTS) is 2. The van der Waals surface area contributed by atoms with Crippen molar-refractivity contribution in [1.29, 1.82) is 0 Å². The Hall–Kier alpha value is -1.10. The maximum absolute atomic E-state index is 11.0. The molecule has 0 unspecified atom stereocenters. The zero-order valence-corrected chi connectivity index (χ0v) is 7.77. The molecule has 4 atom stereocenters. The van der Waals surface area contributed by atoms with Gasteiger partial charge in [-0.25, -0.2) is 0 Å². The molecule has 14 heavy (non-hydrogen) atoms. The monoisotopic (exact) mass is 200 g/mol. The highest BCUT2D eigenvalue weighted by Crippen LogP contribution is 2.51. The summed E-state index contributed by atoms with van der Waals surface area (Å²) in [5.74, 6) is -3.92. The third-order valence-electron chi connectivity index (χ3n) is 3.31. The molecular weight excluding hydrogens is 188 g/mol. The van der Waals surface area contributed by atoms with Gasteiger partial charge in [0.15, 0.2) is 0 Å². The Balaban J connectivity index is 2.35. The van der Waals surface area contributed by atoms with E-state index in [1.165, 1.54) is 0 Å². The number of aliphatic carboxylic acids is 2. The Bertz CT molecular complexity index is 300. The van der Waals surface area contributed by atoms with Gasteiger partial charge in [0.25, 0.3) is 0 Å². The van der Waals surface area contributed by atoms with Crippen LogP contribution in [0.1, 0.15) is 19.8 Å². The largest absolute Gasteiger partial charge is 0.481 e. The van der Waals surface area contributed by atoms with E-state index < -0.39 is 35.5 Å². The Morgan fingerprint density at radius 1 is 1.36 bits per heavy atom. The first-order chi connectivity index (χ1) is 6.46. The van der Waals surface area contributed by atoms with Gasteiger partial charge in [0.1, 0.15) is 5.92 Å². The van der Waals surface area contributed by atoms with Gasteiger partial charge in [-0.3, -0.25) is 9.59 Å². The average molecular weight is 200 g/mol. The Labute approximate surface area is 80.7 Å². The summed E-state index contributed by atoms with van der Waals surface area (Å²) in [5, 5.41) is 17.9. The van der Waals surface area contributed by atoms with E-state index in [1.807, 2.05) is 0 Å². The fourth-order valence-electron chi connectivity index (χ4n) is 2.69. The number of hydrogen-bond donors (Lipinski definition) is 2. The predicted molar refractivity (Wildman–Crippen MR) is 44.8 cm³/mol. The van der Waals surface area contributed by atoms with Crippen molar-refractivity contribution in [2.75, 3.05) is 0 Å². The maximum Gasteiger partial charge on any atom is 0.310 e. The van der Waals surface area contributed by atoms with Gasteiger partial charge in [-0.2, -0.15) is 0 Å². The summed E-state index contributed by atoms with van der Waals surface area (Å²) in [6.07, 6.45) is 0.869. The van der Waals surface area contributed by atoms with Crippen molar-refractivity contribution < 1.29 is 24.5 Å².